The molecule has 6 nitrogen and oxygen atoms in total. The number of carbonyl (C=O) groups excluding carboxylic acids is 2. The number of halogens is 1. The summed E-state index contributed by atoms with van der Waals surface area (Å²) in [6, 6.07) is 19.8. The molecule has 3 aromatic rings. The maximum absolute atomic E-state index is 12.3. The molecule has 0 aliphatic carbocycles. The Balaban J connectivity index is 1.75. The number of hydrogen-bond donors (Lipinski definition) is 2. The molecule has 7 heteroatoms. The number of phenols is 1. The number of amides is 1. The van der Waals surface area contributed by atoms with Crippen LogP contribution in [0.3, 0.4) is 0 Å². The lowest BCUT2D eigenvalue weighted by molar-refractivity contribution is 0.0734. The molecule has 2 N–H and O–H groups in total. The monoisotopic (exact) mass is 438 g/mol. The SMILES string of the molecule is O=C(Oc1ccc(Br)cc1/C=N\NC(=O)c1ccccc1O)c1ccccc1. The third-order valence-electron chi connectivity index (χ3n) is 3.70. The van der Waals surface area contributed by atoms with Gasteiger partial charge in [-0.25, -0.2) is 10.2 Å². The van der Waals surface area contributed by atoms with Crippen LogP contribution in [-0.2, 0) is 0 Å². The Labute approximate surface area is 169 Å². The lowest BCUT2D eigenvalue weighted by atomic mass is 10.2. The molecule has 0 fully saturated rings. The first kappa shape index (κ1) is 19.3. The van der Waals surface area contributed by atoms with E-state index in [2.05, 4.69) is 26.5 Å². The normalized spacial score (nSPS) is 10.6. The molecule has 0 aromatic heterocycles. The van der Waals surface area contributed by atoms with Gasteiger partial charge >= 0.3 is 5.97 Å². The van der Waals surface area contributed by atoms with Gasteiger partial charge in [0.1, 0.15) is 11.5 Å². The van der Waals surface area contributed by atoms with Crippen molar-refractivity contribution < 1.29 is 19.4 Å². The first-order chi connectivity index (χ1) is 13.5. The van der Waals surface area contributed by atoms with Crippen LogP contribution in [0.1, 0.15) is 26.3 Å². The van der Waals surface area contributed by atoms with Gasteiger partial charge in [-0.3, -0.25) is 4.79 Å². The highest BCUT2D eigenvalue weighted by Gasteiger charge is 2.12. The minimum Gasteiger partial charge on any atom is -0.507 e. The fourth-order valence-corrected chi connectivity index (χ4v) is 2.71. The van der Waals surface area contributed by atoms with E-state index in [0.29, 0.717) is 11.1 Å². The molecule has 0 heterocycles. The second kappa shape index (κ2) is 8.96. The molecule has 28 heavy (non-hydrogen) atoms. The van der Waals surface area contributed by atoms with Gasteiger partial charge in [-0.05, 0) is 42.5 Å². The molecule has 140 valence electrons. The molecular weight excluding hydrogens is 424 g/mol. The van der Waals surface area contributed by atoms with Crippen LogP contribution in [0, 0.1) is 0 Å². The molecule has 0 saturated carbocycles. The lowest BCUT2D eigenvalue weighted by Crippen LogP contribution is -2.17. The van der Waals surface area contributed by atoms with Gasteiger partial charge < -0.3 is 9.84 Å². The number of phenolic OH excluding ortho intramolecular Hbond substituents is 1. The number of hydrazone groups is 1. The van der Waals surface area contributed by atoms with E-state index >= 15 is 0 Å². The smallest absolute Gasteiger partial charge is 0.343 e. The minimum absolute atomic E-state index is 0.102. The van der Waals surface area contributed by atoms with Crippen molar-refractivity contribution in [2.24, 2.45) is 5.10 Å². The summed E-state index contributed by atoms with van der Waals surface area (Å²) in [6.45, 7) is 0. The van der Waals surface area contributed by atoms with E-state index < -0.39 is 11.9 Å². The topological polar surface area (TPSA) is 88.0 Å². The highest BCUT2D eigenvalue weighted by molar-refractivity contribution is 9.10. The summed E-state index contributed by atoms with van der Waals surface area (Å²) in [5.74, 6) is -0.921. The van der Waals surface area contributed by atoms with E-state index in [9.17, 15) is 14.7 Å². The fourth-order valence-electron chi connectivity index (χ4n) is 2.33. The van der Waals surface area contributed by atoms with Crippen LogP contribution >= 0.6 is 15.9 Å². The Kier molecular flexibility index (Phi) is 6.18. The quantitative estimate of drug-likeness (QED) is 0.271. The molecule has 0 atom stereocenters. The summed E-state index contributed by atoms with van der Waals surface area (Å²) in [7, 11) is 0. The third-order valence-corrected chi connectivity index (χ3v) is 4.20. The number of para-hydroxylation sites is 1. The molecule has 0 unspecified atom stereocenters. The molecule has 0 saturated heterocycles. The molecule has 1 amide bonds. The Morgan fingerprint density at radius 1 is 1.00 bits per heavy atom. The van der Waals surface area contributed by atoms with Gasteiger partial charge in [-0.1, -0.05) is 46.3 Å². The van der Waals surface area contributed by atoms with E-state index in [1.165, 1.54) is 18.3 Å². The van der Waals surface area contributed by atoms with Crippen LogP contribution < -0.4 is 10.2 Å². The second-order valence-electron chi connectivity index (χ2n) is 5.65. The van der Waals surface area contributed by atoms with E-state index in [4.69, 9.17) is 4.74 Å². The highest BCUT2D eigenvalue weighted by Crippen LogP contribution is 2.23. The van der Waals surface area contributed by atoms with Crippen molar-refractivity contribution in [3.63, 3.8) is 0 Å². The third kappa shape index (κ3) is 4.83. The van der Waals surface area contributed by atoms with Gasteiger partial charge in [0.15, 0.2) is 0 Å². The van der Waals surface area contributed by atoms with Crippen LogP contribution in [-0.4, -0.2) is 23.2 Å². The number of nitrogens with zero attached hydrogens (tertiary/aromatic N) is 1. The van der Waals surface area contributed by atoms with Crippen LogP contribution in [0.15, 0.2) is 82.4 Å². The summed E-state index contributed by atoms with van der Waals surface area (Å²) in [5.41, 5.74) is 3.34. The van der Waals surface area contributed by atoms with E-state index in [1.54, 1.807) is 54.6 Å². The summed E-state index contributed by atoms with van der Waals surface area (Å²) in [4.78, 5) is 24.4. The lowest BCUT2D eigenvalue weighted by Gasteiger charge is -2.08. The van der Waals surface area contributed by atoms with Gasteiger partial charge in [0.25, 0.3) is 5.91 Å². The number of esters is 1. The van der Waals surface area contributed by atoms with Gasteiger partial charge in [0, 0.05) is 10.0 Å². The van der Waals surface area contributed by atoms with Crippen molar-refractivity contribution in [2.75, 3.05) is 0 Å². The van der Waals surface area contributed by atoms with Crippen molar-refractivity contribution in [3.8, 4) is 11.5 Å². The van der Waals surface area contributed by atoms with Crippen molar-refractivity contribution in [1.29, 1.82) is 0 Å². The first-order valence-electron chi connectivity index (χ1n) is 8.23. The predicted octanol–water partition coefficient (Wildman–Crippen LogP) is 4.14. The standard InChI is InChI=1S/C21H15BrN2O4/c22-16-10-11-19(28-21(27)14-6-2-1-3-7-14)15(12-16)13-23-24-20(26)17-8-4-5-9-18(17)25/h1-13,25H,(H,24,26)/b23-13-. The van der Waals surface area contributed by atoms with Gasteiger partial charge in [-0.15, -0.1) is 0 Å². The van der Waals surface area contributed by atoms with Crippen molar-refractivity contribution in [1.82, 2.24) is 5.43 Å². The summed E-state index contributed by atoms with van der Waals surface area (Å²) >= 11 is 3.35. The van der Waals surface area contributed by atoms with Crippen molar-refractivity contribution >= 4 is 34.0 Å². The molecule has 0 aliphatic heterocycles. The zero-order valence-corrected chi connectivity index (χ0v) is 16.1. The number of rotatable bonds is 5. The molecule has 0 spiro atoms. The average Bonchev–Trinajstić information content (AvgIpc) is 2.70. The fraction of sp³-hybridized carbons (Fsp3) is 0. The first-order valence-corrected chi connectivity index (χ1v) is 9.02. The Morgan fingerprint density at radius 2 is 1.71 bits per heavy atom. The Hall–Kier alpha value is -3.45. The maximum atomic E-state index is 12.3. The zero-order chi connectivity index (χ0) is 19.9. The van der Waals surface area contributed by atoms with Crippen LogP contribution in [0.4, 0.5) is 0 Å². The van der Waals surface area contributed by atoms with Crippen LogP contribution in [0.5, 0.6) is 11.5 Å². The number of ether oxygens (including phenoxy) is 1. The van der Waals surface area contributed by atoms with Crippen LogP contribution in [0.25, 0.3) is 0 Å². The highest BCUT2D eigenvalue weighted by atomic mass is 79.9. The number of nitrogens with one attached hydrogen (secondary N) is 1. The molecule has 0 bridgehead atoms. The Morgan fingerprint density at radius 3 is 2.46 bits per heavy atom. The molecule has 3 rings (SSSR count). The van der Waals surface area contributed by atoms with Gasteiger partial charge in [-0.2, -0.15) is 5.10 Å². The summed E-state index contributed by atoms with van der Waals surface area (Å²) in [6.07, 6.45) is 1.36. The molecule has 0 radical (unpaired) electrons. The van der Waals surface area contributed by atoms with Crippen molar-refractivity contribution in [2.45, 2.75) is 0 Å². The summed E-state index contributed by atoms with van der Waals surface area (Å²) in [5, 5.41) is 13.6. The van der Waals surface area contributed by atoms with Crippen molar-refractivity contribution in [3.05, 3.63) is 94.0 Å². The molecule has 0 aliphatic rings. The Bertz CT molecular complexity index is 1040. The number of carbonyl (C=O) groups is 2. The number of aromatic hydroxyl groups is 1. The van der Waals surface area contributed by atoms with Gasteiger partial charge in [0.2, 0.25) is 0 Å². The molecular formula is C21H15BrN2O4. The van der Waals surface area contributed by atoms with E-state index in [0.717, 1.165) is 4.47 Å². The summed E-state index contributed by atoms with van der Waals surface area (Å²) < 4.78 is 6.19. The predicted molar refractivity (Wildman–Crippen MR) is 109 cm³/mol. The average molecular weight is 439 g/mol. The molecule has 3 aromatic carbocycles. The number of benzene rings is 3. The largest absolute Gasteiger partial charge is 0.507 e. The minimum atomic E-state index is -0.563. The number of hydrogen-bond acceptors (Lipinski definition) is 5. The second-order valence-corrected chi connectivity index (χ2v) is 6.57. The zero-order valence-electron chi connectivity index (χ0n) is 14.5. The van der Waals surface area contributed by atoms with E-state index in [1.807, 2.05) is 6.07 Å². The maximum Gasteiger partial charge on any atom is 0.343 e. The van der Waals surface area contributed by atoms with E-state index in [-0.39, 0.29) is 17.1 Å². The van der Waals surface area contributed by atoms with Crippen LogP contribution in [0.2, 0.25) is 0 Å². The van der Waals surface area contributed by atoms with Gasteiger partial charge in [0.05, 0.1) is 17.3 Å².